The van der Waals surface area contributed by atoms with Gasteiger partial charge >= 0.3 is 0 Å². The van der Waals surface area contributed by atoms with E-state index >= 15 is 0 Å². The molecule has 10 heteroatoms. The van der Waals surface area contributed by atoms with Gasteiger partial charge in [-0.3, -0.25) is 4.99 Å². The summed E-state index contributed by atoms with van der Waals surface area (Å²) in [6, 6.07) is 0. The predicted molar refractivity (Wildman–Crippen MR) is 111 cm³/mol. The zero-order valence-corrected chi connectivity index (χ0v) is 18.3. The van der Waals surface area contributed by atoms with Crippen molar-refractivity contribution < 1.29 is 18.3 Å². The van der Waals surface area contributed by atoms with Gasteiger partial charge in [0.05, 0.1) is 30.6 Å². The second-order valence-electron chi connectivity index (χ2n) is 7.32. The molecule has 2 saturated heterocycles. The van der Waals surface area contributed by atoms with Gasteiger partial charge in [-0.15, -0.1) is 0 Å². The van der Waals surface area contributed by atoms with Crippen molar-refractivity contribution in [2.24, 2.45) is 4.99 Å². The molecule has 0 aromatic heterocycles. The summed E-state index contributed by atoms with van der Waals surface area (Å²) in [6.07, 6.45) is 0.800. The standard InChI is InChI=1S/C17H34N4O4S2/c1-4-18-16(19-13-17(22)5-11-26-14-17)20-6-8-21(9-7-20)27(23,24)12-10-25-15(2)3/h15,22H,4-14H2,1-3H3,(H,18,19). The topological polar surface area (TPSA) is 94.5 Å². The number of ether oxygens (including phenoxy) is 1. The average Bonchev–Trinajstić information content (AvgIpc) is 3.05. The molecule has 27 heavy (non-hydrogen) atoms. The molecule has 2 fully saturated rings. The van der Waals surface area contributed by atoms with Crippen LogP contribution in [0.5, 0.6) is 0 Å². The Morgan fingerprint density at radius 3 is 2.59 bits per heavy atom. The van der Waals surface area contributed by atoms with E-state index in [-0.39, 0.29) is 18.5 Å². The monoisotopic (exact) mass is 422 g/mol. The molecule has 0 spiro atoms. The van der Waals surface area contributed by atoms with Crippen molar-refractivity contribution in [1.29, 1.82) is 0 Å². The number of guanidine groups is 1. The third kappa shape index (κ3) is 7.08. The number of aliphatic imine (C=N–C) groups is 1. The first-order valence-corrected chi connectivity index (χ1v) is 12.4. The number of thioether (sulfide) groups is 1. The third-order valence-corrected chi connectivity index (χ3v) is 7.73. The molecule has 2 heterocycles. The molecule has 8 nitrogen and oxygen atoms in total. The molecule has 1 unspecified atom stereocenters. The van der Waals surface area contributed by atoms with E-state index in [1.807, 2.05) is 20.8 Å². The van der Waals surface area contributed by atoms with Crippen LogP contribution in [0.2, 0.25) is 0 Å². The van der Waals surface area contributed by atoms with Gasteiger partial charge in [0.25, 0.3) is 0 Å². The number of nitrogens with zero attached hydrogens (tertiary/aromatic N) is 3. The van der Waals surface area contributed by atoms with E-state index in [1.54, 1.807) is 11.8 Å². The number of piperazine rings is 1. The summed E-state index contributed by atoms with van der Waals surface area (Å²) in [5.41, 5.74) is -0.715. The van der Waals surface area contributed by atoms with Crippen LogP contribution in [0.25, 0.3) is 0 Å². The molecule has 2 aliphatic heterocycles. The molecular formula is C17H34N4O4S2. The minimum absolute atomic E-state index is 0.0179. The minimum atomic E-state index is -3.30. The van der Waals surface area contributed by atoms with Gasteiger partial charge in [-0.05, 0) is 32.9 Å². The van der Waals surface area contributed by atoms with Gasteiger partial charge in [0.1, 0.15) is 0 Å². The zero-order valence-electron chi connectivity index (χ0n) is 16.7. The van der Waals surface area contributed by atoms with E-state index < -0.39 is 15.6 Å². The van der Waals surface area contributed by atoms with Crippen LogP contribution in [0.15, 0.2) is 4.99 Å². The number of nitrogens with one attached hydrogen (secondary N) is 1. The predicted octanol–water partition coefficient (Wildman–Crippen LogP) is 0.192. The average molecular weight is 423 g/mol. The highest BCUT2D eigenvalue weighted by Gasteiger charge is 2.32. The Hall–Kier alpha value is -0.550. The Kier molecular flexibility index (Phi) is 8.67. The number of sulfonamides is 1. The van der Waals surface area contributed by atoms with E-state index in [0.29, 0.717) is 32.7 Å². The summed E-state index contributed by atoms with van der Waals surface area (Å²) in [5, 5.41) is 13.8. The highest BCUT2D eigenvalue weighted by Crippen LogP contribution is 2.28. The Balaban J connectivity index is 1.89. The van der Waals surface area contributed by atoms with E-state index in [1.165, 1.54) is 4.31 Å². The largest absolute Gasteiger partial charge is 0.387 e. The van der Waals surface area contributed by atoms with Crippen LogP contribution < -0.4 is 5.32 Å². The molecule has 1 atom stereocenters. The lowest BCUT2D eigenvalue weighted by atomic mass is 10.0. The van der Waals surface area contributed by atoms with Gasteiger partial charge in [0.15, 0.2) is 5.96 Å². The first-order valence-electron chi connectivity index (χ1n) is 9.68. The fourth-order valence-corrected chi connectivity index (χ4v) is 5.63. The first-order chi connectivity index (χ1) is 12.8. The van der Waals surface area contributed by atoms with Gasteiger partial charge in [-0.25, -0.2) is 8.42 Å². The van der Waals surface area contributed by atoms with Crippen molar-refractivity contribution in [3.8, 4) is 0 Å². The molecule has 0 amide bonds. The van der Waals surface area contributed by atoms with Gasteiger partial charge in [-0.2, -0.15) is 16.1 Å². The quantitative estimate of drug-likeness (QED) is 0.426. The van der Waals surface area contributed by atoms with Gasteiger partial charge in [0, 0.05) is 38.5 Å². The molecule has 0 aliphatic carbocycles. The highest BCUT2D eigenvalue weighted by atomic mass is 32.2. The molecule has 2 N–H and O–H groups in total. The van der Waals surface area contributed by atoms with Gasteiger partial charge in [0.2, 0.25) is 10.0 Å². The van der Waals surface area contributed by atoms with Crippen LogP contribution >= 0.6 is 11.8 Å². The van der Waals surface area contributed by atoms with Crippen LogP contribution in [-0.2, 0) is 14.8 Å². The van der Waals surface area contributed by atoms with Crippen LogP contribution in [0, 0.1) is 0 Å². The lowest BCUT2D eigenvalue weighted by molar-refractivity contribution is 0.0774. The molecule has 0 bridgehead atoms. The molecule has 0 aromatic carbocycles. The van der Waals surface area contributed by atoms with E-state index in [4.69, 9.17) is 4.74 Å². The van der Waals surface area contributed by atoms with Crippen molar-refractivity contribution in [1.82, 2.24) is 14.5 Å². The lowest BCUT2D eigenvalue weighted by Crippen LogP contribution is -2.54. The third-order valence-electron chi connectivity index (χ3n) is 4.66. The summed E-state index contributed by atoms with van der Waals surface area (Å²) < 4.78 is 31.8. The summed E-state index contributed by atoms with van der Waals surface area (Å²) >= 11 is 1.76. The lowest BCUT2D eigenvalue weighted by Gasteiger charge is -2.36. The van der Waals surface area contributed by atoms with Crippen molar-refractivity contribution in [3.63, 3.8) is 0 Å². The normalized spacial score (nSPS) is 25.4. The van der Waals surface area contributed by atoms with Crippen LogP contribution in [0.4, 0.5) is 0 Å². The molecule has 2 rings (SSSR count). The Morgan fingerprint density at radius 1 is 1.33 bits per heavy atom. The minimum Gasteiger partial charge on any atom is -0.387 e. The Morgan fingerprint density at radius 2 is 2.04 bits per heavy atom. The van der Waals surface area contributed by atoms with Crippen molar-refractivity contribution in [2.45, 2.75) is 38.9 Å². The molecule has 158 valence electrons. The maximum atomic E-state index is 12.5. The second kappa shape index (κ2) is 10.3. The number of aliphatic hydroxyl groups is 1. The fraction of sp³-hybridized carbons (Fsp3) is 0.941. The maximum Gasteiger partial charge on any atom is 0.216 e. The molecule has 2 aliphatic rings. The summed E-state index contributed by atoms with van der Waals surface area (Å²) in [4.78, 5) is 6.70. The zero-order chi connectivity index (χ0) is 19.9. The maximum absolute atomic E-state index is 12.5. The summed E-state index contributed by atoms with van der Waals surface area (Å²) in [5.74, 6) is 2.47. The van der Waals surface area contributed by atoms with Gasteiger partial charge in [-0.1, -0.05) is 0 Å². The second-order valence-corrected chi connectivity index (χ2v) is 10.5. The van der Waals surface area contributed by atoms with E-state index in [2.05, 4.69) is 15.2 Å². The smallest absolute Gasteiger partial charge is 0.216 e. The van der Waals surface area contributed by atoms with Crippen LogP contribution in [-0.4, -0.2) is 104 Å². The van der Waals surface area contributed by atoms with Crippen LogP contribution in [0.1, 0.15) is 27.2 Å². The van der Waals surface area contributed by atoms with Crippen molar-refractivity contribution >= 4 is 27.7 Å². The molecule has 0 aromatic rings. The fourth-order valence-electron chi connectivity index (χ4n) is 3.07. The number of rotatable bonds is 8. The van der Waals surface area contributed by atoms with E-state index in [0.717, 1.165) is 30.4 Å². The number of hydrogen-bond acceptors (Lipinski definition) is 6. The highest BCUT2D eigenvalue weighted by molar-refractivity contribution is 7.99. The Bertz CT molecular complexity index is 584. The SMILES string of the molecule is CCNC(=NCC1(O)CCSC1)N1CCN(S(=O)(=O)CCOC(C)C)CC1. The van der Waals surface area contributed by atoms with E-state index in [9.17, 15) is 13.5 Å². The first kappa shape index (κ1) is 22.7. The summed E-state index contributed by atoms with van der Waals surface area (Å²) in [7, 11) is -3.30. The number of hydrogen-bond donors (Lipinski definition) is 2. The van der Waals surface area contributed by atoms with Crippen molar-refractivity contribution in [2.75, 3.05) is 63.1 Å². The molecule has 0 saturated carbocycles. The van der Waals surface area contributed by atoms with Gasteiger partial charge < -0.3 is 20.1 Å². The molecule has 0 radical (unpaired) electrons. The van der Waals surface area contributed by atoms with Crippen molar-refractivity contribution in [3.05, 3.63) is 0 Å². The van der Waals surface area contributed by atoms with Crippen LogP contribution in [0.3, 0.4) is 0 Å². The summed E-state index contributed by atoms with van der Waals surface area (Å²) in [6.45, 7) is 9.19. The Labute approximate surface area is 167 Å². The molecular weight excluding hydrogens is 388 g/mol.